The van der Waals surface area contributed by atoms with Gasteiger partial charge < -0.3 is 15.8 Å². The highest BCUT2D eigenvalue weighted by Crippen LogP contribution is 2.20. The number of hydrogen-bond acceptors (Lipinski definition) is 3. The zero-order valence-corrected chi connectivity index (χ0v) is 14.9. The fourth-order valence-corrected chi connectivity index (χ4v) is 2.19. The Balaban J connectivity index is 0.00000338. The standard InChI is InChI=1S/C18H19F3N2O2.ClH/c1-17(22,14-7-3-2-4-8-14)16(24)23-11-13-6-5-9-15(10-13)25-12-18(19,20)21;/h2-10H,11-12,22H2,1H3,(H,23,24);1H. The number of benzene rings is 2. The molecule has 0 aliphatic rings. The van der Waals surface area contributed by atoms with E-state index in [2.05, 4.69) is 5.32 Å². The van der Waals surface area contributed by atoms with Crippen LogP contribution in [0.4, 0.5) is 13.2 Å². The largest absolute Gasteiger partial charge is 0.484 e. The van der Waals surface area contributed by atoms with E-state index in [1.165, 1.54) is 12.1 Å². The summed E-state index contributed by atoms with van der Waals surface area (Å²) in [4.78, 5) is 12.4. The van der Waals surface area contributed by atoms with E-state index >= 15 is 0 Å². The normalized spacial score (nSPS) is 13.3. The molecule has 1 amide bonds. The fraction of sp³-hybridized carbons (Fsp3) is 0.278. The fourth-order valence-electron chi connectivity index (χ4n) is 2.19. The molecule has 0 aliphatic carbocycles. The van der Waals surface area contributed by atoms with Gasteiger partial charge in [-0.1, -0.05) is 42.5 Å². The van der Waals surface area contributed by atoms with Crippen LogP contribution in [-0.4, -0.2) is 18.7 Å². The average molecular weight is 389 g/mol. The second kappa shape index (κ2) is 8.91. The Morgan fingerprint density at radius 1 is 1.12 bits per heavy atom. The van der Waals surface area contributed by atoms with Gasteiger partial charge in [-0.05, 0) is 30.2 Å². The summed E-state index contributed by atoms with van der Waals surface area (Å²) >= 11 is 0. The molecule has 8 heteroatoms. The lowest BCUT2D eigenvalue weighted by molar-refractivity contribution is -0.153. The van der Waals surface area contributed by atoms with Crippen molar-refractivity contribution in [2.24, 2.45) is 5.73 Å². The van der Waals surface area contributed by atoms with Crippen molar-refractivity contribution in [2.45, 2.75) is 25.2 Å². The van der Waals surface area contributed by atoms with E-state index in [0.29, 0.717) is 11.1 Å². The van der Waals surface area contributed by atoms with Crippen molar-refractivity contribution in [2.75, 3.05) is 6.61 Å². The van der Waals surface area contributed by atoms with Crippen LogP contribution >= 0.6 is 12.4 Å². The predicted molar refractivity (Wildman–Crippen MR) is 95.1 cm³/mol. The maximum absolute atomic E-state index is 12.4. The molecule has 26 heavy (non-hydrogen) atoms. The Morgan fingerprint density at radius 2 is 1.77 bits per heavy atom. The first-order valence-corrected chi connectivity index (χ1v) is 7.60. The SMILES string of the molecule is CC(N)(C(=O)NCc1cccc(OCC(F)(F)F)c1)c1ccccc1.Cl. The highest BCUT2D eigenvalue weighted by atomic mass is 35.5. The second-order valence-corrected chi connectivity index (χ2v) is 5.80. The third kappa shape index (κ3) is 6.24. The van der Waals surface area contributed by atoms with Crippen molar-refractivity contribution < 1.29 is 22.7 Å². The number of nitrogens with two attached hydrogens (primary N) is 1. The van der Waals surface area contributed by atoms with Gasteiger partial charge in [0.15, 0.2) is 6.61 Å². The molecule has 0 aromatic heterocycles. The minimum absolute atomic E-state index is 0. The van der Waals surface area contributed by atoms with Crippen molar-refractivity contribution in [3.63, 3.8) is 0 Å². The van der Waals surface area contributed by atoms with Crippen LogP contribution in [0.5, 0.6) is 5.75 Å². The zero-order chi connectivity index (χ0) is 18.5. The number of rotatable bonds is 6. The van der Waals surface area contributed by atoms with E-state index in [0.717, 1.165) is 0 Å². The number of alkyl halides is 3. The molecular formula is C18H20ClF3N2O2. The van der Waals surface area contributed by atoms with Crippen molar-refractivity contribution in [1.82, 2.24) is 5.32 Å². The summed E-state index contributed by atoms with van der Waals surface area (Å²) in [6, 6.07) is 15.0. The Hall–Kier alpha value is -2.25. The van der Waals surface area contributed by atoms with Crippen molar-refractivity contribution in [3.05, 3.63) is 65.7 Å². The molecule has 142 valence electrons. The van der Waals surface area contributed by atoms with Crippen LogP contribution in [0, 0.1) is 0 Å². The van der Waals surface area contributed by atoms with E-state index < -0.39 is 18.3 Å². The molecule has 0 saturated heterocycles. The summed E-state index contributed by atoms with van der Waals surface area (Å²) in [5, 5.41) is 2.70. The summed E-state index contributed by atoms with van der Waals surface area (Å²) in [7, 11) is 0. The molecule has 3 N–H and O–H groups in total. The van der Waals surface area contributed by atoms with Gasteiger partial charge in [0, 0.05) is 6.54 Å². The topological polar surface area (TPSA) is 64.4 Å². The maximum Gasteiger partial charge on any atom is 0.422 e. The molecule has 0 saturated carbocycles. The third-order valence-corrected chi connectivity index (χ3v) is 3.60. The van der Waals surface area contributed by atoms with Gasteiger partial charge in [0.25, 0.3) is 0 Å². The maximum atomic E-state index is 12.4. The Bertz CT molecular complexity index is 722. The van der Waals surface area contributed by atoms with Gasteiger partial charge in [-0.2, -0.15) is 13.2 Å². The van der Waals surface area contributed by atoms with E-state index in [1.807, 2.05) is 6.07 Å². The zero-order valence-electron chi connectivity index (χ0n) is 14.0. The number of carbonyl (C=O) groups is 1. The highest BCUT2D eigenvalue weighted by molar-refractivity contribution is 5.87. The summed E-state index contributed by atoms with van der Waals surface area (Å²) in [5.41, 5.74) is 6.16. The van der Waals surface area contributed by atoms with E-state index in [-0.39, 0.29) is 30.6 Å². The van der Waals surface area contributed by atoms with Gasteiger partial charge in [0.2, 0.25) is 5.91 Å². The van der Waals surface area contributed by atoms with Gasteiger partial charge in [-0.15, -0.1) is 12.4 Å². The number of nitrogens with one attached hydrogen (secondary N) is 1. The van der Waals surface area contributed by atoms with Gasteiger partial charge in [-0.3, -0.25) is 4.79 Å². The first-order valence-electron chi connectivity index (χ1n) is 7.60. The minimum Gasteiger partial charge on any atom is -0.484 e. The molecule has 2 aromatic carbocycles. The Kier molecular flexibility index (Phi) is 7.47. The smallest absolute Gasteiger partial charge is 0.422 e. The Labute approximate surface area is 155 Å². The lowest BCUT2D eigenvalue weighted by Gasteiger charge is -2.24. The lowest BCUT2D eigenvalue weighted by atomic mass is 9.92. The monoisotopic (exact) mass is 388 g/mol. The molecule has 2 rings (SSSR count). The van der Waals surface area contributed by atoms with Crippen LogP contribution < -0.4 is 15.8 Å². The van der Waals surface area contributed by atoms with E-state index in [4.69, 9.17) is 10.5 Å². The van der Waals surface area contributed by atoms with Gasteiger partial charge in [-0.25, -0.2) is 0 Å². The first-order chi connectivity index (χ1) is 11.7. The molecule has 1 atom stereocenters. The van der Waals surface area contributed by atoms with Crippen LogP contribution in [0.25, 0.3) is 0 Å². The van der Waals surface area contributed by atoms with Crippen LogP contribution in [-0.2, 0) is 16.9 Å². The molecule has 1 unspecified atom stereocenters. The molecule has 0 bridgehead atoms. The molecule has 4 nitrogen and oxygen atoms in total. The number of ether oxygens (including phenoxy) is 1. The molecule has 0 spiro atoms. The summed E-state index contributed by atoms with van der Waals surface area (Å²) in [6.45, 7) is 0.361. The first kappa shape index (κ1) is 21.8. The molecule has 0 radical (unpaired) electrons. The highest BCUT2D eigenvalue weighted by Gasteiger charge is 2.30. The lowest BCUT2D eigenvalue weighted by Crippen LogP contribution is -2.48. The quantitative estimate of drug-likeness (QED) is 0.795. The summed E-state index contributed by atoms with van der Waals surface area (Å²) < 4.78 is 41.3. The van der Waals surface area contributed by atoms with E-state index in [1.54, 1.807) is 43.3 Å². The number of hydrogen-bond donors (Lipinski definition) is 2. The molecular weight excluding hydrogens is 369 g/mol. The van der Waals surface area contributed by atoms with Crippen LogP contribution in [0.3, 0.4) is 0 Å². The molecule has 0 fully saturated rings. The van der Waals surface area contributed by atoms with Crippen molar-refractivity contribution >= 4 is 18.3 Å². The van der Waals surface area contributed by atoms with Gasteiger partial charge in [0.05, 0.1) is 0 Å². The van der Waals surface area contributed by atoms with Crippen molar-refractivity contribution in [1.29, 1.82) is 0 Å². The van der Waals surface area contributed by atoms with Crippen LogP contribution in [0.15, 0.2) is 54.6 Å². The van der Waals surface area contributed by atoms with Gasteiger partial charge in [0.1, 0.15) is 11.3 Å². The van der Waals surface area contributed by atoms with Crippen LogP contribution in [0.1, 0.15) is 18.1 Å². The third-order valence-electron chi connectivity index (χ3n) is 3.60. The Morgan fingerprint density at radius 3 is 2.38 bits per heavy atom. The van der Waals surface area contributed by atoms with Crippen LogP contribution in [0.2, 0.25) is 0 Å². The number of carbonyl (C=O) groups excluding carboxylic acids is 1. The molecule has 2 aromatic rings. The minimum atomic E-state index is -4.40. The van der Waals surface area contributed by atoms with E-state index in [9.17, 15) is 18.0 Å². The molecule has 0 aliphatic heterocycles. The second-order valence-electron chi connectivity index (χ2n) is 5.80. The average Bonchev–Trinajstić information content (AvgIpc) is 2.58. The number of amides is 1. The summed E-state index contributed by atoms with van der Waals surface area (Å²) in [6.07, 6.45) is -4.40. The summed E-state index contributed by atoms with van der Waals surface area (Å²) in [5.74, 6) is -0.303. The number of halogens is 4. The predicted octanol–water partition coefficient (Wildman–Crippen LogP) is 3.54. The van der Waals surface area contributed by atoms with Crippen molar-refractivity contribution in [3.8, 4) is 5.75 Å². The molecule has 0 heterocycles. The van der Waals surface area contributed by atoms with Gasteiger partial charge >= 0.3 is 6.18 Å².